The lowest BCUT2D eigenvalue weighted by molar-refractivity contribution is 0.0988. The van der Waals surface area contributed by atoms with Crippen LogP contribution in [0.25, 0.3) is 0 Å². The molecule has 0 bridgehead atoms. The summed E-state index contributed by atoms with van der Waals surface area (Å²) in [6.45, 7) is 0. The van der Waals surface area contributed by atoms with Crippen LogP contribution >= 0.6 is 0 Å². The second kappa shape index (κ2) is 8.03. The minimum absolute atomic E-state index is 0.188. The number of carbonyl (C=O) groups excluding carboxylic acids is 2. The highest BCUT2D eigenvalue weighted by Gasteiger charge is 2.27. The van der Waals surface area contributed by atoms with Crippen molar-refractivity contribution in [1.29, 1.82) is 0 Å². The fourth-order valence-corrected chi connectivity index (χ4v) is 3.32. The fourth-order valence-electron chi connectivity index (χ4n) is 2.60. The molecular weight excluding hydrogens is 380 g/mol. The van der Waals surface area contributed by atoms with E-state index in [-0.39, 0.29) is 5.56 Å². The second-order valence-corrected chi connectivity index (χ2v) is 7.18. The van der Waals surface area contributed by atoms with E-state index < -0.39 is 32.4 Å². The van der Waals surface area contributed by atoms with Crippen LogP contribution in [0.1, 0.15) is 20.7 Å². The van der Waals surface area contributed by atoms with E-state index in [1.54, 1.807) is 60.7 Å². The van der Waals surface area contributed by atoms with Crippen molar-refractivity contribution < 1.29 is 22.6 Å². The first-order valence-electron chi connectivity index (χ1n) is 8.19. The highest BCUT2D eigenvalue weighted by atomic mass is 32.2. The molecule has 0 aliphatic heterocycles. The Balaban J connectivity index is 2.05. The number of carbonyl (C=O) groups is 2. The van der Waals surface area contributed by atoms with Gasteiger partial charge in [-0.05, 0) is 36.4 Å². The third-order valence-corrected chi connectivity index (χ3v) is 4.74. The van der Waals surface area contributed by atoms with Crippen LogP contribution < -0.4 is 10.6 Å². The van der Waals surface area contributed by atoms with Crippen LogP contribution in [0.3, 0.4) is 0 Å². The Morgan fingerprint density at radius 1 is 0.679 bits per heavy atom. The standard InChI is InChI=1S/C20H16N2O5S/c23-19(21-14-8-3-1-4-9-14)16-12-7-13-17(28(25,26)27)18(16)20(24)22-15-10-5-2-6-11-15/h1-13H,(H,21,23)(H,22,24)(H,25,26,27). The van der Waals surface area contributed by atoms with E-state index in [1.165, 1.54) is 12.1 Å². The van der Waals surface area contributed by atoms with Crippen LogP contribution in [0.2, 0.25) is 0 Å². The maximum Gasteiger partial charge on any atom is 0.295 e. The summed E-state index contributed by atoms with van der Waals surface area (Å²) >= 11 is 0. The zero-order chi connectivity index (χ0) is 20.1. The minimum Gasteiger partial charge on any atom is -0.322 e. The van der Waals surface area contributed by atoms with Crippen LogP contribution in [-0.2, 0) is 10.1 Å². The van der Waals surface area contributed by atoms with Crippen molar-refractivity contribution in [3.8, 4) is 0 Å². The number of hydrogen-bond acceptors (Lipinski definition) is 4. The lowest BCUT2D eigenvalue weighted by Crippen LogP contribution is -2.23. The summed E-state index contributed by atoms with van der Waals surface area (Å²) in [7, 11) is -4.74. The molecule has 0 heterocycles. The quantitative estimate of drug-likeness (QED) is 0.572. The minimum atomic E-state index is -4.74. The van der Waals surface area contributed by atoms with E-state index in [1.807, 2.05) is 0 Å². The number of anilines is 2. The van der Waals surface area contributed by atoms with Gasteiger partial charge in [0.2, 0.25) is 0 Å². The predicted molar refractivity (Wildman–Crippen MR) is 105 cm³/mol. The zero-order valence-corrected chi connectivity index (χ0v) is 15.3. The Labute approximate surface area is 161 Å². The Morgan fingerprint density at radius 2 is 1.18 bits per heavy atom. The van der Waals surface area contributed by atoms with Crippen LogP contribution in [0.4, 0.5) is 11.4 Å². The molecule has 2 amide bonds. The van der Waals surface area contributed by atoms with Gasteiger partial charge in [-0.3, -0.25) is 14.1 Å². The Kier molecular flexibility index (Phi) is 5.53. The molecule has 0 saturated carbocycles. The first-order chi connectivity index (χ1) is 13.4. The summed E-state index contributed by atoms with van der Waals surface area (Å²) in [5, 5.41) is 5.14. The average molecular weight is 396 g/mol. The van der Waals surface area contributed by atoms with E-state index in [2.05, 4.69) is 10.6 Å². The van der Waals surface area contributed by atoms with E-state index in [4.69, 9.17) is 0 Å². The second-order valence-electron chi connectivity index (χ2n) is 5.79. The lowest BCUT2D eigenvalue weighted by Gasteiger charge is -2.13. The molecule has 3 N–H and O–H groups in total. The van der Waals surface area contributed by atoms with E-state index >= 15 is 0 Å². The SMILES string of the molecule is O=C(Nc1ccccc1)c1cccc(S(=O)(=O)O)c1C(=O)Nc1ccccc1. The molecule has 0 aliphatic carbocycles. The van der Waals surface area contributed by atoms with Crippen LogP contribution in [0.5, 0.6) is 0 Å². The van der Waals surface area contributed by atoms with E-state index in [0.29, 0.717) is 11.4 Å². The summed E-state index contributed by atoms with van der Waals surface area (Å²) in [6, 6.07) is 20.5. The molecule has 0 aliphatic rings. The first kappa shape index (κ1) is 19.3. The molecule has 0 spiro atoms. The van der Waals surface area contributed by atoms with Gasteiger partial charge >= 0.3 is 0 Å². The number of amides is 2. The summed E-state index contributed by atoms with van der Waals surface area (Å²) < 4.78 is 33.1. The molecule has 0 unspecified atom stereocenters. The van der Waals surface area contributed by atoms with Gasteiger partial charge < -0.3 is 10.6 Å². The zero-order valence-electron chi connectivity index (χ0n) is 14.5. The monoisotopic (exact) mass is 396 g/mol. The van der Waals surface area contributed by atoms with Crippen LogP contribution in [0.15, 0.2) is 83.8 Å². The van der Waals surface area contributed by atoms with Gasteiger partial charge in [0, 0.05) is 11.4 Å². The van der Waals surface area contributed by atoms with Gasteiger partial charge in [-0.15, -0.1) is 0 Å². The molecule has 28 heavy (non-hydrogen) atoms. The summed E-state index contributed by atoms with van der Waals surface area (Å²) in [5.74, 6) is -1.52. The first-order valence-corrected chi connectivity index (χ1v) is 9.63. The molecular formula is C20H16N2O5S. The number of benzene rings is 3. The Hall–Kier alpha value is -3.49. The van der Waals surface area contributed by atoms with Crippen molar-refractivity contribution in [2.45, 2.75) is 4.90 Å². The number of nitrogens with one attached hydrogen (secondary N) is 2. The Bertz CT molecular complexity index is 1110. The molecule has 0 atom stereocenters. The number of para-hydroxylation sites is 2. The molecule has 8 heteroatoms. The molecule has 0 radical (unpaired) electrons. The van der Waals surface area contributed by atoms with Crippen molar-refractivity contribution in [2.24, 2.45) is 0 Å². The molecule has 0 saturated heterocycles. The van der Waals surface area contributed by atoms with Crippen molar-refractivity contribution in [2.75, 3.05) is 10.6 Å². The molecule has 0 aromatic heterocycles. The smallest absolute Gasteiger partial charge is 0.295 e. The molecule has 142 valence electrons. The highest BCUT2D eigenvalue weighted by Crippen LogP contribution is 2.23. The van der Waals surface area contributed by atoms with Gasteiger partial charge in [-0.25, -0.2) is 0 Å². The third kappa shape index (κ3) is 4.43. The number of rotatable bonds is 5. The topological polar surface area (TPSA) is 113 Å². The summed E-state index contributed by atoms with van der Waals surface area (Å²) in [5.41, 5.74) is 0.251. The lowest BCUT2D eigenvalue weighted by atomic mass is 10.1. The molecule has 0 fully saturated rings. The number of hydrogen-bond donors (Lipinski definition) is 3. The van der Waals surface area contributed by atoms with Crippen molar-refractivity contribution in [3.63, 3.8) is 0 Å². The highest BCUT2D eigenvalue weighted by molar-refractivity contribution is 7.86. The van der Waals surface area contributed by atoms with Gasteiger partial charge in [0.05, 0.1) is 11.1 Å². The fraction of sp³-hybridized carbons (Fsp3) is 0. The van der Waals surface area contributed by atoms with Gasteiger partial charge in [-0.1, -0.05) is 42.5 Å². The van der Waals surface area contributed by atoms with Crippen molar-refractivity contribution in [3.05, 3.63) is 90.0 Å². The predicted octanol–water partition coefficient (Wildman–Crippen LogP) is 3.44. The van der Waals surface area contributed by atoms with Gasteiger partial charge in [0.15, 0.2) is 0 Å². The van der Waals surface area contributed by atoms with Crippen molar-refractivity contribution in [1.82, 2.24) is 0 Å². The van der Waals surface area contributed by atoms with Gasteiger partial charge in [0.1, 0.15) is 4.90 Å². The van der Waals surface area contributed by atoms with E-state index in [0.717, 1.165) is 6.07 Å². The maximum atomic E-state index is 12.8. The van der Waals surface area contributed by atoms with Crippen molar-refractivity contribution >= 4 is 33.3 Å². The molecule has 7 nitrogen and oxygen atoms in total. The average Bonchev–Trinajstić information content (AvgIpc) is 2.68. The molecule has 3 aromatic carbocycles. The summed E-state index contributed by atoms with van der Waals surface area (Å²) in [6.07, 6.45) is 0. The molecule has 3 rings (SSSR count). The third-order valence-electron chi connectivity index (χ3n) is 3.84. The van der Waals surface area contributed by atoms with Crippen LogP contribution in [0, 0.1) is 0 Å². The molecule has 3 aromatic rings. The Morgan fingerprint density at radius 3 is 1.68 bits per heavy atom. The van der Waals surface area contributed by atoms with Gasteiger partial charge in [-0.2, -0.15) is 8.42 Å². The van der Waals surface area contributed by atoms with Crippen LogP contribution in [-0.4, -0.2) is 24.8 Å². The summed E-state index contributed by atoms with van der Waals surface area (Å²) in [4.78, 5) is 24.8. The maximum absolute atomic E-state index is 12.8. The largest absolute Gasteiger partial charge is 0.322 e. The normalized spacial score (nSPS) is 10.9. The van der Waals surface area contributed by atoms with E-state index in [9.17, 15) is 22.6 Å². The van der Waals surface area contributed by atoms with Gasteiger partial charge in [0.25, 0.3) is 21.9 Å².